The topological polar surface area (TPSA) is 56.1 Å². The smallest absolute Gasteiger partial charge is 0.245 e. The van der Waals surface area contributed by atoms with E-state index in [1.54, 1.807) is 4.68 Å². The summed E-state index contributed by atoms with van der Waals surface area (Å²) in [6.07, 6.45) is 2.26. The number of benzene rings is 1. The van der Waals surface area contributed by atoms with E-state index >= 15 is 0 Å². The fourth-order valence-electron chi connectivity index (χ4n) is 2.64. The number of nitrogens with zero attached hydrogens (tertiary/aromatic N) is 5. The molecule has 1 saturated heterocycles. The predicted octanol–water partition coefficient (Wildman–Crippen LogP) is 2.16. The minimum absolute atomic E-state index is 0.451. The van der Waals surface area contributed by atoms with Crippen LogP contribution in [0.15, 0.2) is 24.3 Å². The van der Waals surface area contributed by atoms with Crippen LogP contribution in [0, 0.1) is 5.92 Å². The van der Waals surface area contributed by atoms with Gasteiger partial charge in [0, 0.05) is 26.1 Å². The Bertz CT molecular complexity index is 603. The van der Waals surface area contributed by atoms with Gasteiger partial charge in [0.2, 0.25) is 5.95 Å². The molecule has 1 fully saturated rings. The molecule has 0 radical (unpaired) electrons. The monoisotopic (exact) mass is 307 g/mol. The fraction of sp³-hybridized carbons (Fsp3) is 0.500. The molecule has 1 aliphatic heterocycles. The van der Waals surface area contributed by atoms with Crippen LogP contribution < -0.4 is 9.64 Å². The van der Waals surface area contributed by atoms with Crippen molar-refractivity contribution in [2.24, 2.45) is 13.0 Å². The van der Waals surface area contributed by atoms with E-state index in [2.05, 4.69) is 20.4 Å². The molecule has 0 N–H and O–H groups in total. The van der Waals surface area contributed by atoms with Crippen LogP contribution in [0.1, 0.15) is 12.8 Å². The van der Waals surface area contributed by atoms with Crippen LogP contribution in [-0.2, 0) is 7.05 Å². The summed E-state index contributed by atoms with van der Waals surface area (Å²) >= 11 is 6.11. The molecule has 1 atom stereocenters. The van der Waals surface area contributed by atoms with Crippen molar-refractivity contribution in [2.75, 3.05) is 24.6 Å². The van der Waals surface area contributed by atoms with Gasteiger partial charge in [0.15, 0.2) is 0 Å². The predicted molar refractivity (Wildman–Crippen MR) is 80.7 cm³/mol. The number of halogens is 1. The second kappa shape index (κ2) is 6.30. The molecule has 6 nitrogen and oxygen atoms in total. The first-order valence-corrected chi connectivity index (χ1v) is 7.46. The van der Waals surface area contributed by atoms with Crippen molar-refractivity contribution in [1.29, 1.82) is 0 Å². The highest BCUT2D eigenvalue weighted by Crippen LogP contribution is 2.26. The van der Waals surface area contributed by atoms with Gasteiger partial charge < -0.3 is 9.64 Å². The third-order valence-corrected chi connectivity index (χ3v) is 4.02. The largest absolute Gasteiger partial charge is 0.492 e. The molecular formula is C14H18ClN5O. The van der Waals surface area contributed by atoms with E-state index < -0.39 is 0 Å². The van der Waals surface area contributed by atoms with Gasteiger partial charge in [0.25, 0.3) is 0 Å². The number of tetrazole rings is 1. The van der Waals surface area contributed by atoms with Crippen molar-refractivity contribution in [3.8, 4) is 5.75 Å². The van der Waals surface area contributed by atoms with Gasteiger partial charge in [0.05, 0.1) is 11.6 Å². The average Bonchev–Trinajstić information content (AvgIpc) is 2.93. The van der Waals surface area contributed by atoms with Crippen molar-refractivity contribution in [3.63, 3.8) is 0 Å². The second-order valence-electron chi connectivity index (χ2n) is 5.30. The molecule has 0 bridgehead atoms. The molecular weight excluding hydrogens is 290 g/mol. The summed E-state index contributed by atoms with van der Waals surface area (Å²) in [5.74, 6) is 2.01. The molecule has 7 heteroatoms. The molecule has 0 spiro atoms. The lowest BCUT2D eigenvalue weighted by atomic mass is 9.99. The van der Waals surface area contributed by atoms with Gasteiger partial charge in [-0.15, -0.1) is 0 Å². The van der Waals surface area contributed by atoms with Gasteiger partial charge in [-0.1, -0.05) is 28.8 Å². The molecule has 0 aliphatic carbocycles. The third-order valence-electron chi connectivity index (χ3n) is 3.71. The maximum atomic E-state index is 6.11. The average molecular weight is 308 g/mol. The number of rotatable bonds is 4. The quantitative estimate of drug-likeness (QED) is 0.866. The highest BCUT2D eigenvalue weighted by molar-refractivity contribution is 6.32. The minimum Gasteiger partial charge on any atom is -0.492 e. The number of piperidine rings is 1. The maximum absolute atomic E-state index is 6.11. The van der Waals surface area contributed by atoms with Crippen molar-refractivity contribution in [3.05, 3.63) is 29.3 Å². The Hall–Kier alpha value is -1.82. The maximum Gasteiger partial charge on any atom is 0.245 e. The molecule has 0 saturated carbocycles. The number of hydrogen-bond donors (Lipinski definition) is 0. The van der Waals surface area contributed by atoms with Crippen molar-refractivity contribution >= 4 is 17.5 Å². The molecule has 1 aliphatic rings. The summed E-state index contributed by atoms with van der Waals surface area (Å²) in [5, 5.41) is 12.3. The fourth-order valence-corrected chi connectivity index (χ4v) is 2.84. The molecule has 1 aromatic heterocycles. The van der Waals surface area contributed by atoms with Gasteiger partial charge in [-0.25, -0.2) is 4.68 Å². The Balaban J connectivity index is 1.59. The molecule has 112 valence electrons. The molecule has 2 heterocycles. The zero-order valence-corrected chi connectivity index (χ0v) is 12.7. The Morgan fingerprint density at radius 1 is 1.38 bits per heavy atom. The van der Waals surface area contributed by atoms with E-state index in [0.717, 1.165) is 37.6 Å². The first-order chi connectivity index (χ1) is 10.2. The van der Waals surface area contributed by atoms with Gasteiger partial charge >= 0.3 is 0 Å². The normalized spacial score (nSPS) is 18.8. The first kappa shape index (κ1) is 14.1. The van der Waals surface area contributed by atoms with E-state index in [4.69, 9.17) is 16.3 Å². The van der Waals surface area contributed by atoms with Crippen molar-refractivity contribution < 1.29 is 4.74 Å². The summed E-state index contributed by atoms with van der Waals surface area (Å²) < 4.78 is 7.56. The van der Waals surface area contributed by atoms with Crippen LogP contribution >= 0.6 is 11.6 Å². The summed E-state index contributed by atoms with van der Waals surface area (Å²) in [4.78, 5) is 2.21. The summed E-state index contributed by atoms with van der Waals surface area (Å²) in [5.41, 5.74) is 0. The van der Waals surface area contributed by atoms with Crippen molar-refractivity contribution in [2.45, 2.75) is 12.8 Å². The van der Waals surface area contributed by atoms with E-state index in [0.29, 0.717) is 17.5 Å². The van der Waals surface area contributed by atoms with Crippen LogP contribution in [0.3, 0.4) is 0 Å². The Morgan fingerprint density at radius 3 is 3.00 bits per heavy atom. The number of anilines is 1. The van der Waals surface area contributed by atoms with Gasteiger partial charge in [0.1, 0.15) is 5.75 Å². The highest BCUT2D eigenvalue weighted by atomic mass is 35.5. The number of aromatic nitrogens is 4. The lowest BCUT2D eigenvalue weighted by molar-refractivity contribution is 0.228. The van der Waals surface area contributed by atoms with Crippen LogP contribution in [-0.4, -0.2) is 39.9 Å². The van der Waals surface area contributed by atoms with Crippen LogP contribution in [0.5, 0.6) is 5.75 Å². The SMILES string of the molecule is Cn1nnnc1N1CCCC(COc2ccccc2Cl)C1. The number of aryl methyl sites for hydroxylation is 1. The molecule has 21 heavy (non-hydrogen) atoms. The Kier molecular flexibility index (Phi) is 4.24. The molecule has 1 aromatic carbocycles. The third kappa shape index (κ3) is 3.26. The zero-order valence-electron chi connectivity index (χ0n) is 11.9. The van der Waals surface area contributed by atoms with E-state index in [1.165, 1.54) is 0 Å². The van der Waals surface area contributed by atoms with Crippen LogP contribution in [0.25, 0.3) is 0 Å². The molecule has 1 unspecified atom stereocenters. The van der Waals surface area contributed by atoms with Gasteiger partial charge in [-0.05, 0) is 35.4 Å². The molecule has 3 rings (SSSR count). The van der Waals surface area contributed by atoms with Gasteiger partial charge in [-0.2, -0.15) is 0 Å². The number of hydrogen-bond acceptors (Lipinski definition) is 5. The molecule has 2 aromatic rings. The molecule has 0 amide bonds. The Morgan fingerprint density at radius 2 is 2.24 bits per heavy atom. The zero-order chi connectivity index (χ0) is 14.7. The van der Waals surface area contributed by atoms with E-state index in [9.17, 15) is 0 Å². The minimum atomic E-state index is 0.451. The van der Waals surface area contributed by atoms with E-state index in [-0.39, 0.29) is 0 Å². The first-order valence-electron chi connectivity index (χ1n) is 7.08. The second-order valence-corrected chi connectivity index (χ2v) is 5.71. The van der Waals surface area contributed by atoms with Crippen molar-refractivity contribution in [1.82, 2.24) is 20.2 Å². The van der Waals surface area contributed by atoms with Gasteiger partial charge in [-0.3, -0.25) is 0 Å². The summed E-state index contributed by atoms with van der Waals surface area (Å²) in [6, 6.07) is 7.57. The number of ether oxygens (including phenoxy) is 1. The van der Waals surface area contributed by atoms with E-state index in [1.807, 2.05) is 31.3 Å². The lowest BCUT2D eigenvalue weighted by Crippen LogP contribution is -2.39. The number of para-hydroxylation sites is 1. The summed E-state index contributed by atoms with van der Waals surface area (Å²) in [7, 11) is 1.86. The lowest BCUT2D eigenvalue weighted by Gasteiger charge is -2.32. The highest BCUT2D eigenvalue weighted by Gasteiger charge is 2.23. The van der Waals surface area contributed by atoms with Crippen LogP contribution in [0.2, 0.25) is 5.02 Å². The Labute approximate surface area is 128 Å². The standard InChI is InChI=1S/C14H18ClN5O/c1-19-14(16-17-18-19)20-8-4-5-11(9-20)10-21-13-7-3-2-6-12(13)15/h2-3,6-7,11H,4-5,8-10H2,1H3. The van der Waals surface area contributed by atoms with Crippen LogP contribution in [0.4, 0.5) is 5.95 Å². The summed E-state index contributed by atoms with van der Waals surface area (Å²) in [6.45, 7) is 2.54.